The molecule has 132 valence electrons. The fourth-order valence-corrected chi connectivity index (χ4v) is 3.05. The van der Waals surface area contributed by atoms with Gasteiger partial charge in [0.2, 0.25) is 0 Å². The number of rotatable bonds is 17. The SMILES string of the molecule is CCCCCCCCCCCCCC/C=C\C(C)CCCC. The molecule has 1 unspecified atom stereocenters. The maximum Gasteiger partial charge on any atom is -0.0262 e. The van der Waals surface area contributed by atoms with E-state index in [1.54, 1.807) is 0 Å². The number of allylic oxidation sites excluding steroid dienone is 2. The minimum Gasteiger partial charge on any atom is -0.0883 e. The van der Waals surface area contributed by atoms with Gasteiger partial charge in [0.05, 0.1) is 0 Å². The third kappa shape index (κ3) is 17.8. The van der Waals surface area contributed by atoms with Gasteiger partial charge in [0, 0.05) is 0 Å². The highest BCUT2D eigenvalue weighted by Crippen LogP contribution is 2.13. The molecule has 0 bridgehead atoms. The van der Waals surface area contributed by atoms with Crippen molar-refractivity contribution in [2.45, 2.75) is 124 Å². The van der Waals surface area contributed by atoms with Crippen LogP contribution in [0.4, 0.5) is 0 Å². The van der Waals surface area contributed by atoms with Crippen molar-refractivity contribution in [2.24, 2.45) is 5.92 Å². The van der Waals surface area contributed by atoms with Gasteiger partial charge in [-0.15, -0.1) is 0 Å². The van der Waals surface area contributed by atoms with Crippen LogP contribution in [0.3, 0.4) is 0 Å². The summed E-state index contributed by atoms with van der Waals surface area (Å²) in [5, 5.41) is 0. The fraction of sp³-hybridized carbons (Fsp3) is 0.909. The average molecular weight is 309 g/mol. The lowest BCUT2D eigenvalue weighted by molar-refractivity contribution is 0.544. The first-order chi connectivity index (χ1) is 10.8. The predicted molar refractivity (Wildman–Crippen MR) is 104 cm³/mol. The van der Waals surface area contributed by atoms with Crippen molar-refractivity contribution >= 4 is 0 Å². The molecule has 0 aliphatic heterocycles. The number of hydrogen-bond donors (Lipinski definition) is 0. The maximum absolute atomic E-state index is 2.44. The smallest absolute Gasteiger partial charge is 0.0262 e. The molecule has 22 heavy (non-hydrogen) atoms. The van der Waals surface area contributed by atoms with Crippen LogP contribution in [0, 0.1) is 5.92 Å². The summed E-state index contributed by atoms with van der Waals surface area (Å²) in [5.41, 5.74) is 0. The van der Waals surface area contributed by atoms with Crippen molar-refractivity contribution in [3.63, 3.8) is 0 Å². The molecule has 0 nitrogen and oxygen atoms in total. The highest BCUT2D eigenvalue weighted by atomic mass is 14.0. The molecule has 0 aliphatic carbocycles. The highest BCUT2D eigenvalue weighted by Gasteiger charge is 1.95. The van der Waals surface area contributed by atoms with Crippen molar-refractivity contribution in [1.82, 2.24) is 0 Å². The minimum atomic E-state index is 0.789. The molecule has 0 amide bonds. The zero-order valence-corrected chi connectivity index (χ0v) is 16.0. The predicted octanol–water partition coefficient (Wildman–Crippen LogP) is 8.46. The Balaban J connectivity index is 3.12. The van der Waals surface area contributed by atoms with Crippen LogP contribution < -0.4 is 0 Å². The lowest BCUT2D eigenvalue weighted by Gasteiger charge is -2.04. The van der Waals surface area contributed by atoms with Gasteiger partial charge in [0.25, 0.3) is 0 Å². The third-order valence-electron chi connectivity index (χ3n) is 4.70. The number of unbranched alkanes of at least 4 members (excludes halogenated alkanes) is 13. The van der Waals surface area contributed by atoms with Crippen LogP contribution in [0.5, 0.6) is 0 Å². The van der Waals surface area contributed by atoms with Crippen LogP contribution in [0.25, 0.3) is 0 Å². The highest BCUT2D eigenvalue weighted by molar-refractivity contribution is 4.86. The largest absolute Gasteiger partial charge is 0.0883 e. The summed E-state index contributed by atoms with van der Waals surface area (Å²) in [6.45, 7) is 6.93. The van der Waals surface area contributed by atoms with Gasteiger partial charge < -0.3 is 0 Å². The van der Waals surface area contributed by atoms with Crippen LogP contribution in [0.2, 0.25) is 0 Å². The zero-order valence-electron chi connectivity index (χ0n) is 16.0. The molecule has 0 spiro atoms. The van der Waals surface area contributed by atoms with Crippen molar-refractivity contribution in [1.29, 1.82) is 0 Å². The molecule has 0 N–H and O–H groups in total. The van der Waals surface area contributed by atoms with Crippen LogP contribution in [0.1, 0.15) is 124 Å². The zero-order chi connectivity index (χ0) is 16.3. The summed E-state index contributed by atoms with van der Waals surface area (Å²) in [6, 6.07) is 0. The van der Waals surface area contributed by atoms with Crippen LogP contribution in [0.15, 0.2) is 12.2 Å². The van der Waals surface area contributed by atoms with E-state index in [9.17, 15) is 0 Å². The molecule has 0 rings (SSSR count). The average Bonchev–Trinajstić information content (AvgIpc) is 2.53. The normalized spacial score (nSPS) is 13.0. The van der Waals surface area contributed by atoms with E-state index in [1.807, 2.05) is 0 Å². The van der Waals surface area contributed by atoms with Gasteiger partial charge in [0.15, 0.2) is 0 Å². The molecule has 0 aromatic heterocycles. The van der Waals surface area contributed by atoms with E-state index < -0.39 is 0 Å². The quantitative estimate of drug-likeness (QED) is 0.187. The Morgan fingerprint density at radius 3 is 1.55 bits per heavy atom. The molecule has 0 aromatic rings. The Morgan fingerprint density at radius 2 is 1.05 bits per heavy atom. The van der Waals surface area contributed by atoms with E-state index in [4.69, 9.17) is 0 Å². The van der Waals surface area contributed by atoms with E-state index in [-0.39, 0.29) is 0 Å². The molecule has 0 aromatic carbocycles. The van der Waals surface area contributed by atoms with Crippen molar-refractivity contribution in [2.75, 3.05) is 0 Å². The molecule has 0 saturated heterocycles. The second kappa shape index (κ2) is 18.8. The van der Waals surface area contributed by atoms with Gasteiger partial charge in [0.1, 0.15) is 0 Å². The first-order valence-electron chi connectivity index (χ1n) is 10.5. The molecule has 1 atom stereocenters. The molecular weight excluding hydrogens is 264 g/mol. The molecule has 0 saturated carbocycles. The van der Waals surface area contributed by atoms with Gasteiger partial charge in [-0.25, -0.2) is 0 Å². The molecule has 0 aliphatic rings. The molecule has 0 heteroatoms. The summed E-state index contributed by atoms with van der Waals surface area (Å²) in [7, 11) is 0. The Hall–Kier alpha value is -0.260. The lowest BCUT2D eigenvalue weighted by atomic mass is 10.0. The third-order valence-corrected chi connectivity index (χ3v) is 4.70. The monoisotopic (exact) mass is 308 g/mol. The Morgan fingerprint density at radius 1 is 0.591 bits per heavy atom. The van der Waals surface area contributed by atoms with E-state index >= 15 is 0 Å². The summed E-state index contributed by atoms with van der Waals surface area (Å²) in [5.74, 6) is 0.789. The Labute approximate surface area is 142 Å². The Bertz CT molecular complexity index is 216. The molecule has 0 radical (unpaired) electrons. The van der Waals surface area contributed by atoms with E-state index in [2.05, 4.69) is 32.9 Å². The van der Waals surface area contributed by atoms with Gasteiger partial charge >= 0.3 is 0 Å². The van der Waals surface area contributed by atoms with Crippen LogP contribution >= 0.6 is 0 Å². The van der Waals surface area contributed by atoms with Crippen molar-refractivity contribution in [3.8, 4) is 0 Å². The second-order valence-corrected chi connectivity index (χ2v) is 7.23. The summed E-state index contributed by atoms with van der Waals surface area (Å²) >= 11 is 0. The summed E-state index contributed by atoms with van der Waals surface area (Å²) in [4.78, 5) is 0. The molecule has 0 heterocycles. The first kappa shape index (κ1) is 21.7. The number of hydrogen-bond acceptors (Lipinski definition) is 0. The van der Waals surface area contributed by atoms with E-state index in [0.29, 0.717) is 0 Å². The maximum atomic E-state index is 2.44. The van der Waals surface area contributed by atoms with E-state index in [0.717, 1.165) is 5.92 Å². The molecular formula is C22H44. The first-order valence-corrected chi connectivity index (χ1v) is 10.5. The topological polar surface area (TPSA) is 0 Å². The van der Waals surface area contributed by atoms with Gasteiger partial charge in [-0.05, 0) is 25.2 Å². The van der Waals surface area contributed by atoms with Crippen LogP contribution in [-0.4, -0.2) is 0 Å². The van der Waals surface area contributed by atoms with Gasteiger partial charge in [-0.3, -0.25) is 0 Å². The fourth-order valence-electron chi connectivity index (χ4n) is 3.05. The minimum absolute atomic E-state index is 0.789. The summed E-state index contributed by atoms with van der Waals surface area (Å²) < 4.78 is 0. The van der Waals surface area contributed by atoms with Crippen LogP contribution in [-0.2, 0) is 0 Å². The van der Waals surface area contributed by atoms with Crippen molar-refractivity contribution in [3.05, 3.63) is 12.2 Å². The second-order valence-electron chi connectivity index (χ2n) is 7.23. The molecule has 0 fully saturated rings. The Kier molecular flexibility index (Phi) is 18.6. The van der Waals surface area contributed by atoms with Crippen molar-refractivity contribution < 1.29 is 0 Å². The lowest BCUT2D eigenvalue weighted by Crippen LogP contribution is -1.88. The summed E-state index contributed by atoms with van der Waals surface area (Å²) in [6.07, 6.45) is 27.6. The standard InChI is InChI=1S/C22H44/c1-4-6-8-9-10-11-12-13-14-15-16-17-18-19-21-22(3)20-7-5-2/h19,21-22H,4-18,20H2,1-3H3/b21-19-. The van der Waals surface area contributed by atoms with Gasteiger partial charge in [-0.1, -0.05) is 116 Å². The van der Waals surface area contributed by atoms with Gasteiger partial charge in [-0.2, -0.15) is 0 Å². The van der Waals surface area contributed by atoms with E-state index in [1.165, 1.54) is 103 Å².